The number of carbonyl (C=O) groups is 5. The minimum Gasteiger partial charge on any atom is -0.507 e. The molecule has 38 heavy (non-hydrogen) atoms. The SMILES string of the molecule is CCC(C)N(C(=O)C(CCC(N)=O)NC(=O)OC(C)(C)C)C(C(=O)NCC(=O)OC)c1cccc(C)c1O. The molecule has 0 aliphatic carbocycles. The van der Waals surface area contributed by atoms with Crippen LogP contribution in [-0.2, 0) is 28.7 Å². The fourth-order valence-electron chi connectivity index (χ4n) is 3.62. The van der Waals surface area contributed by atoms with Gasteiger partial charge in [0.2, 0.25) is 17.7 Å². The number of phenolic OH excluding ortho intramolecular Hbond substituents is 1. The van der Waals surface area contributed by atoms with Gasteiger partial charge >= 0.3 is 12.1 Å². The number of hydrogen-bond acceptors (Lipinski definition) is 8. The quantitative estimate of drug-likeness (QED) is 0.292. The number of esters is 1. The monoisotopic (exact) mass is 536 g/mol. The summed E-state index contributed by atoms with van der Waals surface area (Å²) in [4.78, 5) is 64.5. The van der Waals surface area contributed by atoms with E-state index in [-0.39, 0.29) is 24.2 Å². The van der Waals surface area contributed by atoms with Gasteiger partial charge in [0.25, 0.3) is 0 Å². The van der Waals surface area contributed by atoms with Crippen molar-refractivity contribution in [1.82, 2.24) is 15.5 Å². The highest BCUT2D eigenvalue weighted by Crippen LogP contribution is 2.34. The summed E-state index contributed by atoms with van der Waals surface area (Å²) in [6.07, 6.45) is -0.880. The van der Waals surface area contributed by atoms with Crippen LogP contribution in [-0.4, -0.2) is 71.1 Å². The highest BCUT2D eigenvalue weighted by atomic mass is 16.6. The number of phenols is 1. The van der Waals surface area contributed by atoms with Crippen molar-refractivity contribution < 1.29 is 38.6 Å². The van der Waals surface area contributed by atoms with E-state index in [1.54, 1.807) is 53.7 Å². The van der Waals surface area contributed by atoms with Crippen molar-refractivity contribution in [1.29, 1.82) is 0 Å². The smallest absolute Gasteiger partial charge is 0.408 e. The number of ether oxygens (including phenoxy) is 2. The highest BCUT2D eigenvalue weighted by molar-refractivity contribution is 5.94. The molecule has 0 aromatic heterocycles. The molecule has 3 unspecified atom stereocenters. The fourth-order valence-corrected chi connectivity index (χ4v) is 3.62. The Morgan fingerprint density at radius 1 is 1.16 bits per heavy atom. The third kappa shape index (κ3) is 9.56. The predicted molar refractivity (Wildman–Crippen MR) is 139 cm³/mol. The summed E-state index contributed by atoms with van der Waals surface area (Å²) in [5, 5.41) is 15.8. The number of hydrogen-bond donors (Lipinski definition) is 4. The molecule has 0 aliphatic heterocycles. The number of nitrogens with two attached hydrogens (primary N) is 1. The third-order valence-electron chi connectivity index (χ3n) is 5.71. The maximum absolute atomic E-state index is 14.0. The van der Waals surface area contributed by atoms with E-state index in [0.29, 0.717) is 12.0 Å². The number of nitrogens with one attached hydrogen (secondary N) is 2. The number of benzene rings is 1. The van der Waals surface area contributed by atoms with Gasteiger partial charge in [-0.3, -0.25) is 19.2 Å². The lowest BCUT2D eigenvalue weighted by atomic mass is 9.96. The number of primary amides is 1. The van der Waals surface area contributed by atoms with Crippen molar-refractivity contribution in [2.75, 3.05) is 13.7 Å². The molecule has 12 nitrogen and oxygen atoms in total. The molecule has 1 aromatic rings. The number of carbonyl (C=O) groups excluding carboxylic acids is 5. The Morgan fingerprint density at radius 2 is 1.79 bits per heavy atom. The number of aryl methyl sites for hydroxylation is 1. The van der Waals surface area contributed by atoms with Crippen LogP contribution in [0.4, 0.5) is 4.79 Å². The molecule has 0 saturated carbocycles. The first-order chi connectivity index (χ1) is 17.6. The number of amides is 4. The molecule has 3 atom stereocenters. The first-order valence-corrected chi connectivity index (χ1v) is 12.4. The normalized spacial score (nSPS) is 13.4. The summed E-state index contributed by atoms with van der Waals surface area (Å²) in [5.74, 6) is -3.06. The van der Waals surface area contributed by atoms with Gasteiger partial charge in [-0.05, 0) is 53.0 Å². The summed E-state index contributed by atoms with van der Waals surface area (Å²) in [7, 11) is 1.17. The first-order valence-electron chi connectivity index (χ1n) is 12.4. The minimum atomic E-state index is -1.39. The zero-order valence-electron chi connectivity index (χ0n) is 23.1. The predicted octanol–water partition coefficient (Wildman–Crippen LogP) is 1.82. The second-order valence-corrected chi connectivity index (χ2v) is 9.92. The molecule has 1 rings (SSSR count). The van der Waals surface area contributed by atoms with Gasteiger partial charge in [-0.25, -0.2) is 4.79 Å². The number of alkyl carbamates (subject to hydrolysis) is 1. The molecule has 0 fully saturated rings. The second kappa shape index (κ2) is 14.2. The van der Waals surface area contributed by atoms with E-state index < -0.39 is 60.1 Å². The summed E-state index contributed by atoms with van der Waals surface area (Å²) in [6.45, 7) is 9.62. The van der Waals surface area contributed by atoms with E-state index in [1.807, 2.05) is 0 Å². The maximum Gasteiger partial charge on any atom is 0.408 e. The molecule has 1 aromatic carbocycles. The van der Waals surface area contributed by atoms with Crippen molar-refractivity contribution in [3.05, 3.63) is 29.3 Å². The van der Waals surface area contributed by atoms with Crippen LogP contribution in [0.5, 0.6) is 5.75 Å². The van der Waals surface area contributed by atoms with Crippen LogP contribution in [0.25, 0.3) is 0 Å². The van der Waals surface area contributed by atoms with E-state index in [4.69, 9.17) is 10.5 Å². The van der Waals surface area contributed by atoms with Crippen LogP contribution >= 0.6 is 0 Å². The molecule has 0 bridgehead atoms. The number of para-hydroxylation sites is 1. The lowest BCUT2D eigenvalue weighted by molar-refractivity contribution is -0.146. The van der Waals surface area contributed by atoms with Crippen LogP contribution in [0.2, 0.25) is 0 Å². The molecule has 0 radical (unpaired) electrons. The van der Waals surface area contributed by atoms with Gasteiger partial charge in [0, 0.05) is 18.0 Å². The number of methoxy groups -OCH3 is 1. The first kappa shape index (κ1) is 32.2. The van der Waals surface area contributed by atoms with Crippen molar-refractivity contribution in [3.8, 4) is 5.75 Å². The molecule has 4 amide bonds. The zero-order chi connectivity index (χ0) is 29.2. The summed E-state index contributed by atoms with van der Waals surface area (Å²) in [5.41, 5.74) is 5.02. The van der Waals surface area contributed by atoms with Crippen LogP contribution in [0, 0.1) is 6.92 Å². The van der Waals surface area contributed by atoms with E-state index in [2.05, 4.69) is 15.4 Å². The average molecular weight is 537 g/mol. The molecule has 12 heteroatoms. The number of nitrogens with zero attached hydrogens (tertiary/aromatic N) is 1. The number of rotatable bonds is 12. The summed E-state index contributed by atoms with van der Waals surface area (Å²) >= 11 is 0. The van der Waals surface area contributed by atoms with Crippen LogP contribution in [0.3, 0.4) is 0 Å². The zero-order valence-corrected chi connectivity index (χ0v) is 23.1. The molecule has 0 heterocycles. The van der Waals surface area contributed by atoms with Crippen molar-refractivity contribution in [3.63, 3.8) is 0 Å². The Morgan fingerprint density at radius 3 is 2.32 bits per heavy atom. The van der Waals surface area contributed by atoms with Crippen molar-refractivity contribution >= 4 is 29.8 Å². The Hall–Kier alpha value is -3.83. The molecule has 212 valence electrons. The van der Waals surface area contributed by atoms with Gasteiger partial charge in [-0.2, -0.15) is 0 Å². The third-order valence-corrected chi connectivity index (χ3v) is 5.71. The summed E-state index contributed by atoms with van der Waals surface area (Å²) in [6, 6.07) is 1.50. The maximum atomic E-state index is 14.0. The van der Waals surface area contributed by atoms with E-state index in [1.165, 1.54) is 18.1 Å². The Labute approximate surface area is 223 Å². The highest BCUT2D eigenvalue weighted by Gasteiger charge is 2.40. The Kier molecular flexibility index (Phi) is 12.0. The molecular weight excluding hydrogens is 496 g/mol. The van der Waals surface area contributed by atoms with E-state index in [9.17, 15) is 29.1 Å². The topological polar surface area (TPSA) is 177 Å². The minimum absolute atomic E-state index is 0.118. The molecule has 0 aliphatic rings. The lowest BCUT2D eigenvalue weighted by Crippen LogP contribution is -2.55. The van der Waals surface area contributed by atoms with Gasteiger partial charge in [-0.15, -0.1) is 0 Å². The van der Waals surface area contributed by atoms with Gasteiger partial charge < -0.3 is 35.8 Å². The van der Waals surface area contributed by atoms with Crippen LogP contribution in [0.15, 0.2) is 18.2 Å². The lowest BCUT2D eigenvalue weighted by Gasteiger charge is -2.38. The van der Waals surface area contributed by atoms with Crippen LogP contribution < -0.4 is 16.4 Å². The van der Waals surface area contributed by atoms with Crippen molar-refractivity contribution in [2.24, 2.45) is 5.73 Å². The van der Waals surface area contributed by atoms with E-state index >= 15 is 0 Å². The number of aromatic hydroxyl groups is 1. The second-order valence-electron chi connectivity index (χ2n) is 9.92. The Balaban J connectivity index is 3.62. The molecule has 0 saturated heterocycles. The van der Waals surface area contributed by atoms with Gasteiger partial charge in [0.15, 0.2) is 0 Å². The van der Waals surface area contributed by atoms with Gasteiger partial charge in [-0.1, -0.05) is 25.1 Å². The van der Waals surface area contributed by atoms with Crippen LogP contribution in [0.1, 0.15) is 71.0 Å². The largest absolute Gasteiger partial charge is 0.507 e. The standard InChI is InChI=1S/C26H40N4O8/c1-8-16(3)30(24(35)18(12-13-19(27)31)29-25(36)38-26(4,5)6)21(23(34)28-14-20(32)37-7)17-11-9-10-15(2)22(17)33/h9-11,16,18,21,33H,8,12-14H2,1-7H3,(H2,27,31)(H,28,34)(H,29,36). The van der Waals surface area contributed by atoms with Gasteiger partial charge in [0.1, 0.15) is 30.0 Å². The van der Waals surface area contributed by atoms with E-state index in [0.717, 1.165) is 0 Å². The molecular formula is C26H40N4O8. The van der Waals surface area contributed by atoms with Crippen molar-refractivity contribution in [2.45, 2.75) is 84.5 Å². The molecule has 0 spiro atoms. The fraction of sp³-hybridized carbons (Fsp3) is 0.577. The molecule has 5 N–H and O–H groups in total. The average Bonchev–Trinajstić information content (AvgIpc) is 2.83. The van der Waals surface area contributed by atoms with Gasteiger partial charge in [0.05, 0.1) is 7.11 Å². The Bertz CT molecular complexity index is 1020. The summed E-state index contributed by atoms with van der Waals surface area (Å²) < 4.78 is 9.88.